The Morgan fingerprint density at radius 2 is 1.93 bits per heavy atom. The smallest absolute Gasteiger partial charge is 0.447 e. The number of rotatable bonds is 3. The summed E-state index contributed by atoms with van der Waals surface area (Å²) in [7, 11) is 0. The van der Waals surface area contributed by atoms with Gasteiger partial charge in [0, 0.05) is 19.0 Å². The Morgan fingerprint density at radius 3 is 2.48 bits per heavy atom. The van der Waals surface area contributed by atoms with Crippen LogP contribution in [0.1, 0.15) is 37.2 Å². The molecule has 1 aliphatic carbocycles. The molecular formula is C19H20F4N2O4. The lowest BCUT2D eigenvalue weighted by molar-refractivity contribution is -0.275. The predicted molar refractivity (Wildman–Crippen MR) is 91.6 cm³/mol. The maximum absolute atomic E-state index is 13.9. The van der Waals surface area contributed by atoms with E-state index in [4.69, 9.17) is 4.74 Å². The van der Waals surface area contributed by atoms with Crippen molar-refractivity contribution in [3.8, 4) is 5.75 Å². The number of alkyl carbamates (subject to hydrolysis) is 1. The topological polar surface area (TPSA) is 67.9 Å². The molecule has 0 atom stereocenters. The van der Waals surface area contributed by atoms with E-state index in [-0.39, 0.29) is 24.3 Å². The summed E-state index contributed by atoms with van der Waals surface area (Å²) in [6, 6.07) is 3.49. The molecule has 0 radical (unpaired) electrons. The van der Waals surface area contributed by atoms with Crippen LogP contribution in [-0.2, 0) is 9.53 Å². The Hall–Kier alpha value is -2.52. The molecule has 158 valence electrons. The quantitative estimate of drug-likeness (QED) is 0.768. The Labute approximate surface area is 164 Å². The third-order valence-corrected chi connectivity index (χ3v) is 5.93. The van der Waals surface area contributed by atoms with Crippen molar-refractivity contribution in [1.29, 1.82) is 0 Å². The number of likely N-dealkylation sites (tertiary alicyclic amines) is 1. The number of alkyl halides is 3. The lowest BCUT2D eigenvalue weighted by Gasteiger charge is -2.45. The molecule has 1 aromatic rings. The van der Waals surface area contributed by atoms with Gasteiger partial charge in [-0.3, -0.25) is 4.79 Å². The maximum Gasteiger partial charge on any atom is 0.573 e. The number of carbonyl (C=O) groups excluding carboxylic acids is 2. The molecule has 2 heterocycles. The molecule has 2 amide bonds. The van der Waals surface area contributed by atoms with E-state index in [9.17, 15) is 27.2 Å². The summed E-state index contributed by atoms with van der Waals surface area (Å²) in [6.45, 7) is 1.29. The van der Waals surface area contributed by atoms with Gasteiger partial charge in [-0.05, 0) is 49.3 Å². The fraction of sp³-hybridized carbons (Fsp3) is 0.579. The molecule has 1 saturated carbocycles. The molecule has 2 saturated heterocycles. The van der Waals surface area contributed by atoms with E-state index in [1.807, 2.05) is 0 Å². The van der Waals surface area contributed by atoms with Crippen LogP contribution in [0.2, 0.25) is 0 Å². The van der Waals surface area contributed by atoms with Gasteiger partial charge in [0.05, 0.1) is 5.54 Å². The second kappa shape index (κ2) is 7.07. The minimum Gasteiger partial charge on any atom is -0.447 e. The summed E-state index contributed by atoms with van der Waals surface area (Å²) in [5, 5.41) is 2.76. The maximum atomic E-state index is 13.9. The number of benzene rings is 1. The fourth-order valence-corrected chi connectivity index (χ4v) is 4.44. The Morgan fingerprint density at radius 1 is 1.24 bits per heavy atom. The summed E-state index contributed by atoms with van der Waals surface area (Å²) in [5.74, 6) is -2.06. The van der Waals surface area contributed by atoms with Gasteiger partial charge in [-0.25, -0.2) is 9.18 Å². The summed E-state index contributed by atoms with van der Waals surface area (Å²) in [5.41, 5.74) is 0.186. The number of amides is 2. The van der Waals surface area contributed by atoms with Gasteiger partial charge >= 0.3 is 12.5 Å². The number of piperidine rings is 1. The van der Waals surface area contributed by atoms with Crippen molar-refractivity contribution in [2.45, 2.75) is 43.5 Å². The summed E-state index contributed by atoms with van der Waals surface area (Å²) < 4.78 is 59.3. The number of halogens is 4. The first-order chi connectivity index (χ1) is 13.6. The second-order valence-corrected chi connectivity index (χ2v) is 7.92. The first-order valence-electron chi connectivity index (χ1n) is 9.43. The molecule has 0 unspecified atom stereocenters. The number of ether oxygens (including phenoxy) is 2. The monoisotopic (exact) mass is 416 g/mol. The molecule has 3 fully saturated rings. The van der Waals surface area contributed by atoms with E-state index in [1.54, 1.807) is 4.90 Å². The molecule has 0 bridgehead atoms. The van der Waals surface area contributed by atoms with Crippen LogP contribution in [0.3, 0.4) is 0 Å². The number of hydrogen-bond acceptors (Lipinski definition) is 4. The van der Waals surface area contributed by atoms with Crippen LogP contribution in [0, 0.1) is 11.7 Å². The minimum absolute atomic E-state index is 0.0373. The molecule has 10 heteroatoms. The van der Waals surface area contributed by atoms with Gasteiger partial charge in [-0.15, -0.1) is 13.2 Å². The fourth-order valence-electron chi connectivity index (χ4n) is 4.44. The average molecular weight is 416 g/mol. The van der Waals surface area contributed by atoms with Crippen LogP contribution in [-0.4, -0.2) is 48.5 Å². The van der Waals surface area contributed by atoms with Crippen molar-refractivity contribution in [2.24, 2.45) is 5.92 Å². The SMILES string of the molecule is O=C1NC2(CO1)CC(C(=O)N1CCC(c3ccc(OC(F)(F)F)c(F)c3)CC1)C2. The number of nitrogens with one attached hydrogen (secondary N) is 1. The minimum atomic E-state index is -4.94. The first kappa shape index (κ1) is 19.8. The number of carbonyl (C=O) groups is 2. The zero-order chi connectivity index (χ0) is 20.8. The highest BCUT2D eigenvalue weighted by Crippen LogP contribution is 2.42. The van der Waals surface area contributed by atoms with Gasteiger partial charge in [-0.1, -0.05) is 6.07 Å². The molecule has 0 aromatic heterocycles. The zero-order valence-corrected chi connectivity index (χ0v) is 15.4. The Balaban J connectivity index is 1.30. The molecular weight excluding hydrogens is 396 g/mol. The van der Waals surface area contributed by atoms with Crippen LogP contribution in [0.5, 0.6) is 5.75 Å². The third-order valence-electron chi connectivity index (χ3n) is 5.93. The molecule has 4 rings (SSSR count). The lowest BCUT2D eigenvalue weighted by atomic mass is 9.68. The molecule has 3 aliphatic rings. The van der Waals surface area contributed by atoms with E-state index in [0.717, 1.165) is 12.1 Å². The molecule has 1 spiro atoms. The van der Waals surface area contributed by atoms with Gasteiger partial charge < -0.3 is 19.7 Å². The van der Waals surface area contributed by atoms with Crippen molar-refractivity contribution in [1.82, 2.24) is 10.2 Å². The van der Waals surface area contributed by atoms with Crippen molar-refractivity contribution in [3.63, 3.8) is 0 Å². The van der Waals surface area contributed by atoms with Crippen LogP contribution < -0.4 is 10.1 Å². The first-order valence-corrected chi connectivity index (χ1v) is 9.43. The Bertz CT molecular complexity index is 815. The summed E-state index contributed by atoms with van der Waals surface area (Å²) >= 11 is 0. The average Bonchev–Trinajstić information content (AvgIpc) is 3.03. The van der Waals surface area contributed by atoms with Gasteiger partial charge in [0.25, 0.3) is 0 Å². The third kappa shape index (κ3) is 4.11. The highest BCUT2D eigenvalue weighted by Gasteiger charge is 2.53. The van der Waals surface area contributed by atoms with Crippen molar-refractivity contribution >= 4 is 12.0 Å². The molecule has 2 aliphatic heterocycles. The van der Waals surface area contributed by atoms with Gasteiger partial charge in [0.15, 0.2) is 11.6 Å². The molecule has 29 heavy (non-hydrogen) atoms. The standard InChI is InChI=1S/C19H20F4N2O4/c20-14-7-12(1-2-15(14)29-19(21,22)23)11-3-5-25(6-4-11)16(26)13-8-18(9-13)10-28-17(27)24-18/h1-2,7,11,13H,3-6,8-10H2,(H,24,27). The van der Waals surface area contributed by atoms with E-state index >= 15 is 0 Å². The molecule has 6 nitrogen and oxygen atoms in total. The second-order valence-electron chi connectivity index (χ2n) is 7.92. The van der Waals surface area contributed by atoms with Crippen LogP contribution in [0.4, 0.5) is 22.4 Å². The highest BCUT2D eigenvalue weighted by atomic mass is 19.4. The van der Waals surface area contributed by atoms with Crippen molar-refractivity contribution in [3.05, 3.63) is 29.6 Å². The number of nitrogens with zero attached hydrogens (tertiary/aromatic N) is 1. The van der Waals surface area contributed by atoms with Gasteiger partial charge in [0.2, 0.25) is 5.91 Å². The molecule has 1 aromatic carbocycles. The van der Waals surface area contributed by atoms with E-state index in [2.05, 4.69) is 10.1 Å². The van der Waals surface area contributed by atoms with Crippen molar-refractivity contribution in [2.75, 3.05) is 19.7 Å². The van der Waals surface area contributed by atoms with Crippen LogP contribution >= 0.6 is 0 Å². The number of cyclic esters (lactones) is 1. The lowest BCUT2D eigenvalue weighted by Crippen LogP contribution is -2.58. The van der Waals surface area contributed by atoms with Crippen LogP contribution in [0.25, 0.3) is 0 Å². The van der Waals surface area contributed by atoms with Gasteiger partial charge in [-0.2, -0.15) is 0 Å². The predicted octanol–water partition coefficient (Wildman–Crippen LogP) is 3.32. The summed E-state index contributed by atoms with van der Waals surface area (Å²) in [6.07, 6.45) is -3.07. The van der Waals surface area contributed by atoms with E-state index in [0.29, 0.717) is 44.3 Å². The normalized spacial score (nSPS) is 27.4. The zero-order valence-electron chi connectivity index (χ0n) is 15.4. The largest absolute Gasteiger partial charge is 0.573 e. The summed E-state index contributed by atoms with van der Waals surface area (Å²) in [4.78, 5) is 25.6. The van der Waals surface area contributed by atoms with Gasteiger partial charge in [0.1, 0.15) is 6.61 Å². The van der Waals surface area contributed by atoms with Crippen LogP contribution in [0.15, 0.2) is 18.2 Å². The van der Waals surface area contributed by atoms with E-state index in [1.165, 1.54) is 6.07 Å². The molecule has 1 N–H and O–H groups in total. The van der Waals surface area contributed by atoms with E-state index < -0.39 is 29.6 Å². The van der Waals surface area contributed by atoms with Crippen molar-refractivity contribution < 1.29 is 36.6 Å². The highest BCUT2D eigenvalue weighted by molar-refractivity contribution is 5.81. The number of hydrogen-bond donors (Lipinski definition) is 1. The Kier molecular flexibility index (Phi) is 4.82.